The van der Waals surface area contributed by atoms with Crippen molar-refractivity contribution in [2.75, 3.05) is 0 Å². The average molecular weight is 717 g/mol. The summed E-state index contributed by atoms with van der Waals surface area (Å²) in [7, 11) is 0. The number of aryl methyl sites for hydroxylation is 2. The molecular formula is C40H46Cl2SiZr-4. The van der Waals surface area contributed by atoms with Gasteiger partial charge in [0.1, 0.15) is 0 Å². The summed E-state index contributed by atoms with van der Waals surface area (Å²) in [6.45, 7) is 12.0. The molecule has 0 aromatic heterocycles. The van der Waals surface area contributed by atoms with Crippen LogP contribution in [0.4, 0.5) is 0 Å². The molecule has 0 aliphatic carbocycles. The third-order valence-electron chi connectivity index (χ3n) is 7.75. The second-order valence-corrected chi connectivity index (χ2v) is 10.7. The van der Waals surface area contributed by atoms with Crippen molar-refractivity contribution >= 4 is 53.2 Å². The fourth-order valence-corrected chi connectivity index (χ4v) is 5.55. The molecule has 232 valence electrons. The summed E-state index contributed by atoms with van der Waals surface area (Å²) >= 11 is 1.36. The molecule has 0 amide bonds. The van der Waals surface area contributed by atoms with Crippen molar-refractivity contribution in [1.29, 1.82) is 0 Å². The Morgan fingerprint density at radius 2 is 1.25 bits per heavy atom. The van der Waals surface area contributed by atoms with Gasteiger partial charge in [0.25, 0.3) is 0 Å². The Hall–Kier alpha value is -2.22. The van der Waals surface area contributed by atoms with E-state index in [1.165, 1.54) is 103 Å². The number of rotatable bonds is 6. The Bertz CT molecular complexity index is 1650. The van der Waals surface area contributed by atoms with Crippen LogP contribution in [0.1, 0.15) is 55.7 Å². The summed E-state index contributed by atoms with van der Waals surface area (Å²) in [4.78, 5) is 0. The van der Waals surface area contributed by atoms with Gasteiger partial charge in [-0.1, -0.05) is 124 Å². The van der Waals surface area contributed by atoms with E-state index in [1.807, 2.05) is 0 Å². The van der Waals surface area contributed by atoms with Crippen molar-refractivity contribution in [2.45, 2.75) is 52.9 Å². The number of hydrogen-bond donors (Lipinski definition) is 0. The van der Waals surface area contributed by atoms with Crippen LogP contribution in [0.15, 0.2) is 115 Å². The van der Waals surface area contributed by atoms with Gasteiger partial charge in [0, 0.05) is 0 Å². The standard InChI is InChI=1S/C21H23.C17H15.2CH3.2ClH.Si.Zr/c1-3-4-9-16(2)19-14-18-12-8-13-20(21(18)15-19)17-10-6-5-7-11-17;1-12-10-16-13(2)8-9-15(17(16)11-12)14-6-4-3-5-7-14;;;;;;/h5-8,10-16H,3-4,9H2,1-2H3;3-11H,1-2H3;2*1H3;2*1H;;/q4*-1;;;;. The fraction of sp³-hybridized carbons (Fsp3) is 0.200. The van der Waals surface area contributed by atoms with E-state index in [0.29, 0.717) is 5.92 Å². The average Bonchev–Trinajstić information content (AvgIpc) is 3.62. The first-order valence-corrected chi connectivity index (χ1v) is 18.5. The Morgan fingerprint density at radius 1 is 0.682 bits per heavy atom. The van der Waals surface area contributed by atoms with Gasteiger partial charge in [-0.2, -0.15) is 12.1 Å². The zero-order valence-electron chi connectivity index (χ0n) is 27.0. The summed E-state index contributed by atoms with van der Waals surface area (Å²) in [6, 6.07) is 41.7. The SMILES string of the molecule is CCCCC(C)c1cc2c(-c3ccccc3)cccc2[cH-]1.Cc1cc2c(-c3ccccc3)ccc(C)c2[cH-]1.Cl.Cl.[CH3-].[CH3-].[Si]=[Zr]. The van der Waals surface area contributed by atoms with E-state index >= 15 is 0 Å². The van der Waals surface area contributed by atoms with E-state index in [0.717, 1.165) is 0 Å². The molecule has 6 aromatic carbocycles. The number of hydrogen-bond acceptors (Lipinski definition) is 0. The van der Waals surface area contributed by atoms with Gasteiger partial charge in [-0.3, -0.25) is 0 Å². The molecule has 0 fully saturated rings. The minimum absolute atomic E-state index is 0. The van der Waals surface area contributed by atoms with Crippen LogP contribution in [-0.2, 0) is 23.3 Å². The minimum atomic E-state index is 0. The Balaban J connectivity index is 0.000000743. The summed E-state index contributed by atoms with van der Waals surface area (Å²) in [5.41, 5.74) is 9.46. The van der Waals surface area contributed by atoms with Crippen LogP contribution in [0, 0.1) is 28.7 Å². The molecule has 1 atom stereocenters. The first-order valence-electron chi connectivity index (χ1n) is 14.3. The molecule has 0 bridgehead atoms. The quantitative estimate of drug-likeness (QED) is 0.119. The van der Waals surface area contributed by atoms with Gasteiger partial charge in [-0.25, -0.2) is 0 Å². The molecule has 0 saturated carbocycles. The monoisotopic (exact) mass is 714 g/mol. The molecule has 0 N–H and O–H groups in total. The summed E-state index contributed by atoms with van der Waals surface area (Å²) in [5.74, 6) is 0.654. The van der Waals surface area contributed by atoms with Crippen molar-refractivity contribution in [3.63, 3.8) is 0 Å². The van der Waals surface area contributed by atoms with Gasteiger partial charge in [0.05, 0.1) is 0 Å². The van der Waals surface area contributed by atoms with Crippen LogP contribution in [0.2, 0.25) is 0 Å². The van der Waals surface area contributed by atoms with Crippen LogP contribution in [0.5, 0.6) is 0 Å². The van der Waals surface area contributed by atoms with Crippen LogP contribution in [0.3, 0.4) is 0 Å². The molecule has 0 saturated heterocycles. The number of fused-ring (bicyclic) bond motifs is 2. The molecule has 0 aliphatic rings. The van der Waals surface area contributed by atoms with Crippen LogP contribution in [0.25, 0.3) is 43.8 Å². The van der Waals surface area contributed by atoms with Crippen molar-refractivity contribution in [3.8, 4) is 22.3 Å². The van der Waals surface area contributed by atoms with Gasteiger partial charge in [-0.15, -0.1) is 93.4 Å². The molecule has 1 unspecified atom stereocenters. The van der Waals surface area contributed by atoms with Crippen LogP contribution >= 0.6 is 24.8 Å². The fourth-order valence-electron chi connectivity index (χ4n) is 5.55. The van der Waals surface area contributed by atoms with Crippen LogP contribution in [-0.4, -0.2) is 6.88 Å². The predicted molar refractivity (Wildman–Crippen MR) is 200 cm³/mol. The normalized spacial score (nSPS) is 10.3. The van der Waals surface area contributed by atoms with Crippen molar-refractivity contribution in [1.82, 2.24) is 0 Å². The van der Waals surface area contributed by atoms with Gasteiger partial charge >= 0.3 is 30.2 Å². The van der Waals surface area contributed by atoms with Gasteiger partial charge in [-0.05, 0) is 23.5 Å². The van der Waals surface area contributed by atoms with Crippen molar-refractivity contribution < 1.29 is 23.3 Å². The maximum atomic E-state index is 3.06. The maximum absolute atomic E-state index is 3.06. The molecule has 4 heteroatoms. The molecular weight excluding hydrogens is 671 g/mol. The number of benzene rings is 4. The Kier molecular flexibility index (Phi) is 19.7. The molecule has 0 aliphatic heterocycles. The second-order valence-electron chi connectivity index (χ2n) is 10.7. The van der Waals surface area contributed by atoms with E-state index in [2.05, 4.69) is 150 Å². The topological polar surface area (TPSA) is 0 Å². The van der Waals surface area contributed by atoms with E-state index < -0.39 is 0 Å². The molecule has 6 rings (SSSR count). The van der Waals surface area contributed by atoms with E-state index in [4.69, 9.17) is 0 Å². The second kappa shape index (κ2) is 20.7. The number of halogens is 2. The summed E-state index contributed by atoms with van der Waals surface area (Å²) < 4.78 is 0. The van der Waals surface area contributed by atoms with Gasteiger partial charge in [0.2, 0.25) is 0 Å². The number of unbranched alkanes of at least 4 members (excludes halogenated alkanes) is 1. The Labute approximate surface area is 296 Å². The molecule has 6 aromatic rings. The third-order valence-corrected chi connectivity index (χ3v) is 7.75. The molecule has 0 heterocycles. The zero-order chi connectivity index (χ0) is 28.5. The summed E-state index contributed by atoms with van der Waals surface area (Å²) in [5, 5.41) is 5.51. The van der Waals surface area contributed by atoms with Crippen LogP contribution < -0.4 is 0 Å². The van der Waals surface area contributed by atoms with E-state index in [-0.39, 0.29) is 39.7 Å². The van der Waals surface area contributed by atoms with Crippen molar-refractivity contribution in [3.05, 3.63) is 147 Å². The molecule has 0 nitrogen and oxygen atoms in total. The van der Waals surface area contributed by atoms with E-state index in [9.17, 15) is 0 Å². The van der Waals surface area contributed by atoms with E-state index in [1.54, 1.807) is 0 Å². The predicted octanol–water partition coefficient (Wildman–Crippen LogP) is 12.7. The van der Waals surface area contributed by atoms with Gasteiger partial charge in [0.15, 0.2) is 0 Å². The third kappa shape index (κ3) is 10.1. The zero-order valence-corrected chi connectivity index (χ0v) is 32.1. The van der Waals surface area contributed by atoms with Crippen molar-refractivity contribution in [2.24, 2.45) is 0 Å². The molecule has 2 radical (unpaired) electrons. The summed E-state index contributed by atoms with van der Waals surface area (Å²) in [6.07, 6.45) is 3.88. The first-order chi connectivity index (χ1) is 19.5. The Morgan fingerprint density at radius 3 is 1.82 bits per heavy atom. The van der Waals surface area contributed by atoms with Gasteiger partial charge < -0.3 is 14.9 Å². The first kappa shape index (κ1) is 41.8. The molecule has 44 heavy (non-hydrogen) atoms. The molecule has 0 spiro atoms.